The minimum absolute atomic E-state index is 0.0669. The second-order valence-corrected chi connectivity index (χ2v) is 16.4. The van der Waals surface area contributed by atoms with E-state index >= 15 is 0 Å². The average molecular weight is 707 g/mol. The fourth-order valence-corrected chi connectivity index (χ4v) is 7.65. The Kier molecular flexibility index (Phi) is 8.33. The quantitative estimate of drug-likeness (QED) is 0.0938. The van der Waals surface area contributed by atoms with E-state index in [1.54, 1.807) is 0 Å². The van der Waals surface area contributed by atoms with Gasteiger partial charge in [0.05, 0.1) is 29.9 Å². The van der Waals surface area contributed by atoms with E-state index in [1.807, 2.05) is 0 Å². The van der Waals surface area contributed by atoms with Crippen molar-refractivity contribution in [3.8, 4) is 0 Å². The summed E-state index contributed by atoms with van der Waals surface area (Å²) in [4.78, 5) is 29.1. The molecule has 0 spiro atoms. The molecule has 1 saturated heterocycles. The zero-order chi connectivity index (χ0) is 32.4. The van der Waals surface area contributed by atoms with E-state index < -0.39 is 84.8 Å². The Hall–Kier alpha value is -1.96. The van der Waals surface area contributed by atoms with Gasteiger partial charge in [-0.1, -0.05) is 37.1 Å². The van der Waals surface area contributed by atoms with Crippen LogP contribution in [0.4, 0.5) is 29.5 Å². The Balaban J connectivity index is 1.57. The van der Waals surface area contributed by atoms with E-state index in [9.17, 15) is 48.1 Å². The van der Waals surface area contributed by atoms with Gasteiger partial charge < -0.3 is 39.5 Å². The van der Waals surface area contributed by atoms with Gasteiger partial charge in [-0.3, -0.25) is 9.13 Å². The highest BCUT2D eigenvalue weighted by Gasteiger charge is 2.65. The number of hydrogen-bond donors (Lipinski definition) is 6. The Morgan fingerprint density at radius 3 is 2.37 bits per heavy atom. The summed E-state index contributed by atoms with van der Waals surface area (Å²) in [5.41, 5.74) is -0.401. The van der Waals surface area contributed by atoms with Crippen LogP contribution in [-0.2, 0) is 18.4 Å². The van der Waals surface area contributed by atoms with Crippen molar-refractivity contribution in [3.05, 3.63) is 47.0 Å². The van der Waals surface area contributed by atoms with E-state index in [0.717, 1.165) is 4.68 Å². The third-order valence-corrected chi connectivity index (χ3v) is 11.0. The van der Waals surface area contributed by atoms with Crippen LogP contribution >= 0.6 is 37.0 Å². The van der Waals surface area contributed by atoms with Gasteiger partial charge in [0.1, 0.15) is 34.2 Å². The molecule has 43 heavy (non-hydrogen) atoms. The molecule has 1 fully saturated rings. The van der Waals surface area contributed by atoms with E-state index in [-0.39, 0.29) is 34.0 Å². The van der Waals surface area contributed by atoms with Crippen LogP contribution in [-0.4, -0.2) is 70.5 Å². The van der Waals surface area contributed by atoms with Gasteiger partial charge in [-0.2, -0.15) is 5.10 Å². The van der Waals surface area contributed by atoms with Gasteiger partial charge in [0.2, 0.25) is 0 Å². The molecular weight excluding hydrogens is 684 g/mol. The standard InChI is InChI=1S/C20H23ClF6N4O9P2S/c1-9(11-3-2-10(4-13(11)22)43(23,24,25,26)27)29-14-5-16(21)30-19-12(14)6-28-31(19)20-18(33)17(32)15(40-20)7-39-42(37,38)8-41(34,35)36/h2-6,9,15,17-18,20,32-33H,7-8H2,1H3,(H,29,30)(H,37,38)(H2,34,35,36)/t9-,15-,17-,18-,20-/m1/s1. The number of aliphatic hydroxyl groups excluding tert-OH is 2. The maximum atomic E-state index is 14.5. The predicted molar refractivity (Wildman–Crippen MR) is 141 cm³/mol. The van der Waals surface area contributed by atoms with E-state index in [4.69, 9.17) is 26.1 Å². The number of hydrogen-bond acceptors (Lipinski definition) is 9. The molecule has 3 heterocycles. The zero-order valence-corrected chi connectivity index (χ0v) is 24.7. The zero-order valence-electron chi connectivity index (χ0n) is 21.3. The number of aromatic nitrogens is 3. The summed E-state index contributed by atoms with van der Waals surface area (Å²) in [6.45, 7) is 0.450. The number of rotatable bonds is 10. The molecule has 4 rings (SSSR count). The van der Waals surface area contributed by atoms with Crippen molar-refractivity contribution < 1.29 is 67.1 Å². The number of pyridine rings is 1. The van der Waals surface area contributed by atoms with Crippen molar-refractivity contribution in [3.63, 3.8) is 0 Å². The first kappa shape index (κ1) is 33.9. The van der Waals surface area contributed by atoms with Crippen LogP contribution in [0.3, 0.4) is 0 Å². The summed E-state index contributed by atoms with van der Waals surface area (Å²) in [5, 5.41) is 27.7. The number of nitrogens with zero attached hydrogens (tertiary/aromatic N) is 3. The maximum Gasteiger partial charge on any atom is 0.340 e. The molecule has 6 N–H and O–H groups in total. The molecule has 23 heteroatoms. The molecule has 0 amide bonds. The maximum absolute atomic E-state index is 14.5. The summed E-state index contributed by atoms with van der Waals surface area (Å²) < 4.78 is 114. The second kappa shape index (κ2) is 10.6. The molecule has 0 saturated carbocycles. The molecule has 13 nitrogen and oxygen atoms in total. The van der Waals surface area contributed by atoms with Gasteiger partial charge in [0, 0.05) is 5.56 Å². The molecule has 0 aliphatic carbocycles. The van der Waals surface area contributed by atoms with E-state index in [1.165, 1.54) is 19.2 Å². The van der Waals surface area contributed by atoms with Crippen molar-refractivity contribution in [2.45, 2.75) is 42.4 Å². The van der Waals surface area contributed by atoms with Crippen molar-refractivity contribution in [1.82, 2.24) is 14.8 Å². The second-order valence-electron chi connectivity index (χ2n) is 9.62. The minimum atomic E-state index is -10.1. The number of benzene rings is 1. The van der Waals surface area contributed by atoms with Gasteiger partial charge in [-0.05, 0) is 25.1 Å². The fourth-order valence-electron chi connectivity index (χ4n) is 4.24. The summed E-state index contributed by atoms with van der Waals surface area (Å²) >= 11 is 6.10. The molecule has 1 aliphatic heterocycles. The van der Waals surface area contributed by atoms with Gasteiger partial charge in [0.15, 0.2) is 17.8 Å². The third-order valence-electron chi connectivity index (χ3n) is 6.17. The van der Waals surface area contributed by atoms with Crippen molar-refractivity contribution in [1.29, 1.82) is 0 Å². The van der Waals surface area contributed by atoms with Crippen molar-refractivity contribution in [2.75, 3.05) is 17.8 Å². The predicted octanol–water partition coefficient (Wildman–Crippen LogP) is 5.01. The van der Waals surface area contributed by atoms with Crippen molar-refractivity contribution in [2.24, 2.45) is 0 Å². The van der Waals surface area contributed by atoms with Crippen LogP contribution in [0.5, 0.6) is 0 Å². The van der Waals surface area contributed by atoms with Crippen LogP contribution in [0.2, 0.25) is 5.15 Å². The Morgan fingerprint density at radius 2 is 1.79 bits per heavy atom. The van der Waals surface area contributed by atoms with Crippen LogP contribution in [0.15, 0.2) is 35.4 Å². The lowest BCUT2D eigenvalue weighted by atomic mass is 10.1. The first-order valence-corrected chi connectivity index (χ1v) is 17.6. The van der Waals surface area contributed by atoms with Gasteiger partial charge in [-0.15, -0.1) is 0 Å². The minimum Gasteiger partial charge on any atom is -0.387 e. The summed E-state index contributed by atoms with van der Waals surface area (Å²) in [5.74, 6) is -3.06. The highest BCUT2D eigenvalue weighted by atomic mass is 35.5. The normalized spacial score (nSPS) is 25.2. The molecule has 1 aromatic carbocycles. The molecule has 2 aromatic heterocycles. The molecule has 242 valence electrons. The van der Waals surface area contributed by atoms with Gasteiger partial charge in [-0.25, -0.2) is 14.1 Å². The lowest BCUT2D eigenvalue weighted by molar-refractivity contribution is -0.0541. The topological polar surface area (TPSA) is 196 Å². The Labute approximate surface area is 242 Å². The van der Waals surface area contributed by atoms with Gasteiger partial charge >= 0.3 is 25.4 Å². The molecular formula is C20H23ClF6N4O9P2S. The highest BCUT2D eigenvalue weighted by molar-refractivity contribution is 8.45. The van der Waals surface area contributed by atoms with Crippen LogP contribution < -0.4 is 5.32 Å². The van der Waals surface area contributed by atoms with Crippen LogP contribution in [0, 0.1) is 5.82 Å². The monoisotopic (exact) mass is 706 g/mol. The molecule has 6 atom stereocenters. The van der Waals surface area contributed by atoms with Crippen LogP contribution in [0.25, 0.3) is 11.0 Å². The SMILES string of the molecule is C[C@@H](Nc1cc(Cl)nc2c1cnn2[C@@H]1O[C@H](COP(=O)(O)CP(=O)(O)O)[C@@H](O)[C@H]1O)c1ccc(S(F)(F)(F)(F)F)cc1F. The van der Waals surface area contributed by atoms with E-state index in [2.05, 4.69) is 19.9 Å². The third kappa shape index (κ3) is 7.83. The average Bonchev–Trinajstić information content (AvgIpc) is 3.35. The number of halogens is 7. The molecule has 3 aromatic rings. The number of fused-ring (bicyclic) bond motifs is 1. The highest BCUT2D eigenvalue weighted by Crippen LogP contribution is 3.02. The Bertz CT molecular complexity index is 1660. The Morgan fingerprint density at radius 1 is 1.14 bits per heavy atom. The molecule has 0 bridgehead atoms. The summed E-state index contributed by atoms with van der Waals surface area (Å²) in [7, 11) is -19.9. The lowest BCUT2D eigenvalue weighted by Gasteiger charge is -2.40. The molecule has 0 radical (unpaired) electrons. The summed E-state index contributed by atoms with van der Waals surface area (Å²) in [6.07, 6.45) is -5.29. The van der Waals surface area contributed by atoms with E-state index in [0.29, 0.717) is 6.07 Å². The first-order valence-electron chi connectivity index (χ1n) is 11.7. The molecule has 1 aliphatic rings. The van der Waals surface area contributed by atoms with Crippen molar-refractivity contribution >= 4 is 53.7 Å². The lowest BCUT2D eigenvalue weighted by Crippen LogP contribution is -2.33. The number of anilines is 1. The number of aliphatic hydroxyl groups is 2. The largest absolute Gasteiger partial charge is 0.387 e. The first-order chi connectivity index (χ1) is 19.3. The smallest absolute Gasteiger partial charge is 0.340 e. The molecule has 1 unspecified atom stereocenters. The van der Waals surface area contributed by atoms with Gasteiger partial charge in [0.25, 0.3) is 0 Å². The summed E-state index contributed by atoms with van der Waals surface area (Å²) in [6, 6.07) is 0.453. The van der Waals surface area contributed by atoms with Crippen LogP contribution in [0.1, 0.15) is 24.8 Å². The number of nitrogens with one attached hydrogen (secondary N) is 1. The number of ether oxygens (including phenoxy) is 1. The fraction of sp³-hybridized carbons (Fsp3) is 0.400.